The number of hydrogen-bond acceptors (Lipinski definition) is 2. The second-order valence-corrected chi connectivity index (χ2v) is 4.53. The molecule has 0 bridgehead atoms. The van der Waals surface area contributed by atoms with E-state index in [1.807, 2.05) is 67.6 Å². The van der Waals surface area contributed by atoms with Gasteiger partial charge < -0.3 is 0 Å². The minimum absolute atomic E-state index is 0.00946. The Labute approximate surface area is 119 Å². The molecule has 2 rings (SSSR count). The molecule has 0 unspecified atom stereocenters. The van der Waals surface area contributed by atoms with Crippen LogP contribution in [-0.2, 0) is 22.8 Å². The van der Waals surface area contributed by atoms with Gasteiger partial charge in [0.15, 0.2) is 0 Å². The molecule has 0 saturated heterocycles. The Morgan fingerprint density at radius 2 is 1.50 bits per heavy atom. The third-order valence-corrected chi connectivity index (χ3v) is 2.98. The van der Waals surface area contributed by atoms with E-state index in [0.29, 0.717) is 19.6 Å². The minimum atomic E-state index is -0.00946. The number of rotatable bonds is 6. The summed E-state index contributed by atoms with van der Waals surface area (Å²) in [6, 6.07) is 19.7. The number of amides is 1. The summed E-state index contributed by atoms with van der Waals surface area (Å²) >= 11 is 0. The molecule has 0 spiro atoms. The van der Waals surface area contributed by atoms with E-state index < -0.39 is 0 Å². The number of benzene rings is 2. The van der Waals surface area contributed by atoms with Gasteiger partial charge in [-0.2, -0.15) is 0 Å². The van der Waals surface area contributed by atoms with E-state index in [0.717, 1.165) is 11.1 Å². The highest BCUT2D eigenvalue weighted by atomic mass is 16.7. The molecule has 20 heavy (non-hydrogen) atoms. The Hall–Kier alpha value is -2.13. The molecule has 2 aromatic rings. The minimum Gasteiger partial charge on any atom is -0.273 e. The van der Waals surface area contributed by atoms with E-state index in [4.69, 9.17) is 4.84 Å². The molecule has 104 valence electrons. The lowest BCUT2D eigenvalue weighted by Crippen LogP contribution is -2.29. The Morgan fingerprint density at radius 1 is 0.950 bits per heavy atom. The van der Waals surface area contributed by atoms with Crippen molar-refractivity contribution in [1.82, 2.24) is 5.06 Å². The zero-order valence-corrected chi connectivity index (χ0v) is 11.7. The molecule has 0 saturated carbocycles. The predicted molar refractivity (Wildman–Crippen MR) is 78.5 cm³/mol. The highest BCUT2D eigenvalue weighted by molar-refractivity contribution is 5.74. The van der Waals surface area contributed by atoms with E-state index in [-0.39, 0.29) is 5.91 Å². The van der Waals surface area contributed by atoms with Crippen LogP contribution >= 0.6 is 0 Å². The van der Waals surface area contributed by atoms with Crippen molar-refractivity contribution in [3.63, 3.8) is 0 Å². The maximum absolute atomic E-state index is 11.9. The topological polar surface area (TPSA) is 29.5 Å². The zero-order valence-electron chi connectivity index (χ0n) is 11.7. The molecule has 0 radical (unpaired) electrons. The normalized spacial score (nSPS) is 10.2. The highest BCUT2D eigenvalue weighted by Gasteiger charge is 2.13. The van der Waals surface area contributed by atoms with E-state index in [2.05, 4.69) is 0 Å². The molecule has 0 aliphatic heterocycles. The molecule has 0 N–H and O–H groups in total. The first-order chi connectivity index (χ1) is 9.79. The van der Waals surface area contributed by atoms with E-state index in [1.165, 1.54) is 5.06 Å². The molecular formula is C17H19NO2. The van der Waals surface area contributed by atoms with Gasteiger partial charge in [-0.25, -0.2) is 5.06 Å². The fraction of sp³-hybridized carbons (Fsp3) is 0.235. The van der Waals surface area contributed by atoms with Gasteiger partial charge in [0.05, 0.1) is 6.54 Å². The smallest absolute Gasteiger partial charge is 0.246 e. The lowest BCUT2D eigenvalue weighted by Gasteiger charge is -2.21. The molecular weight excluding hydrogens is 250 g/mol. The SMILES string of the molecule is CCC(=O)N(Cc1ccccc1)OCc1ccccc1. The fourth-order valence-corrected chi connectivity index (χ4v) is 1.86. The monoisotopic (exact) mass is 269 g/mol. The van der Waals surface area contributed by atoms with Gasteiger partial charge in [0.1, 0.15) is 6.61 Å². The van der Waals surface area contributed by atoms with Crippen molar-refractivity contribution in [3.05, 3.63) is 71.8 Å². The molecule has 1 amide bonds. The Morgan fingerprint density at radius 3 is 2.05 bits per heavy atom. The van der Waals surface area contributed by atoms with Crippen LogP contribution in [0.2, 0.25) is 0 Å². The number of hydrogen-bond donors (Lipinski definition) is 0. The molecule has 0 aromatic heterocycles. The number of carbonyl (C=O) groups excluding carboxylic acids is 1. The van der Waals surface area contributed by atoms with Crippen molar-refractivity contribution < 1.29 is 9.63 Å². The number of hydroxylamine groups is 2. The van der Waals surface area contributed by atoms with Crippen LogP contribution in [0.15, 0.2) is 60.7 Å². The average molecular weight is 269 g/mol. The highest BCUT2D eigenvalue weighted by Crippen LogP contribution is 2.09. The van der Waals surface area contributed by atoms with Gasteiger partial charge in [0.25, 0.3) is 0 Å². The van der Waals surface area contributed by atoms with Crippen LogP contribution in [0.4, 0.5) is 0 Å². The third kappa shape index (κ3) is 4.21. The lowest BCUT2D eigenvalue weighted by molar-refractivity contribution is -0.195. The van der Waals surface area contributed by atoms with Gasteiger partial charge in [-0.1, -0.05) is 67.6 Å². The Kier molecular flexibility index (Phi) is 5.33. The summed E-state index contributed by atoms with van der Waals surface area (Å²) in [5, 5.41) is 1.45. The van der Waals surface area contributed by atoms with Crippen LogP contribution in [0.3, 0.4) is 0 Å². The Bertz CT molecular complexity index is 525. The molecule has 3 nitrogen and oxygen atoms in total. The summed E-state index contributed by atoms with van der Waals surface area (Å²) in [7, 11) is 0. The van der Waals surface area contributed by atoms with Gasteiger partial charge in [-0.15, -0.1) is 0 Å². The maximum Gasteiger partial charge on any atom is 0.246 e. The summed E-state index contributed by atoms with van der Waals surface area (Å²) in [6.07, 6.45) is 0.432. The molecule has 2 aromatic carbocycles. The van der Waals surface area contributed by atoms with Gasteiger partial charge in [-0.3, -0.25) is 9.63 Å². The van der Waals surface area contributed by atoms with Crippen LogP contribution in [0.5, 0.6) is 0 Å². The fourth-order valence-electron chi connectivity index (χ4n) is 1.86. The van der Waals surface area contributed by atoms with Crippen LogP contribution in [0, 0.1) is 0 Å². The molecule has 0 heterocycles. The standard InChI is InChI=1S/C17H19NO2/c1-2-17(19)18(13-15-9-5-3-6-10-15)20-14-16-11-7-4-8-12-16/h3-12H,2,13-14H2,1H3. The van der Waals surface area contributed by atoms with E-state index in [9.17, 15) is 4.79 Å². The Balaban J connectivity index is 1.99. The quantitative estimate of drug-likeness (QED) is 0.750. The maximum atomic E-state index is 11.9. The van der Waals surface area contributed by atoms with Crippen LogP contribution in [0.25, 0.3) is 0 Å². The molecule has 0 aliphatic rings. The number of carbonyl (C=O) groups is 1. The van der Waals surface area contributed by atoms with Gasteiger partial charge >= 0.3 is 0 Å². The number of nitrogens with zero attached hydrogens (tertiary/aromatic N) is 1. The summed E-state index contributed by atoms with van der Waals surface area (Å²) in [5.41, 5.74) is 2.11. The zero-order chi connectivity index (χ0) is 14.2. The van der Waals surface area contributed by atoms with Gasteiger partial charge in [-0.05, 0) is 11.1 Å². The molecule has 0 aliphatic carbocycles. The van der Waals surface area contributed by atoms with Crippen LogP contribution in [0.1, 0.15) is 24.5 Å². The second-order valence-electron chi connectivity index (χ2n) is 4.53. The van der Waals surface area contributed by atoms with Crippen molar-refractivity contribution in [1.29, 1.82) is 0 Å². The molecule has 0 atom stereocenters. The van der Waals surface area contributed by atoms with Gasteiger partial charge in [0.2, 0.25) is 5.91 Å². The lowest BCUT2D eigenvalue weighted by atomic mass is 10.2. The molecule has 0 fully saturated rings. The predicted octanol–water partition coefficient (Wildman–Crippen LogP) is 3.56. The van der Waals surface area contributed by atoms with Crippen molar-refractivity contribution in [2.45, 2.75) is 26.5 Å². The first-order valence-electron chi connectivity index (χ1n) is 6.80. The average Bonchev–Trinajstić information content (AvgIpc) is 2.52. The van der Waals surface area contributed by atoms with Crippen molar-refractivity contribution >= 4 is 5.91 Å². The van der Waals surface area contributed by atoms with Crippen LogP contribution in [-0.4, -0.2) is 11.0 Å². The largest absolute Gasteiger partial charge is 0.273 e. The van der Waals surface area contributed by atoms with Crippen molar-refractivity contribution in [2.24, 2.45) is 0 Å². The summed E-state index contributed by atoms with van der Waals surface area (Å²) in [5.74, 6) is -0.00946. The van der Waals surface area contributed by atoms with Gasteiger partial charge in [0, 0.05) is 6.42 Å². The van der Waals surface area contributed by atoms with E-state index >= 15 is 0 Å². The summed E-state index contributed by atoms with van der Waals surface area (Å²) < 4.78 is 0. The third-order valence-electron chi connectivity index (χ3n) is 2.98. The van der Waals surface area contributed by atoms with Crippen molar-refractivity contribution in [2.75, 3.05) is 0 Å². The summed E-state index contributed by atoms with van der Waals surface area (Å²) in [6.45, 7) is 2.71. The summed E-state index contributed by atoms with van der Waals surface area (Å²) in [4.78, 5) is 17.6. The first-order valence-corrected chi connectivity index (χ1v) is 6.80. The van der Waals surface area contributed by atoms with E-state index in [1.54, 1.807) is 0 Å². The first kappa shape index (κ1) is 14.3. The molecule has 3 heteroatoms. The second kappa shape index (κ2) is 7.46. The van der Waals surface area contributed by atoms with Crippen molar-refractivity contribution in [3.8, 4) is 0 Å². The van der Waals surface area contributed by atoms with Crippen LogP contribution < -0.4 is 0 Å².